The van der Waals surface area contributed by atoms with E-state index in [4.69, 9.17) is 0 Å². The Hall–Kier alpha value is -1.88. The first-order valence-electron chi connectivity index (χ1n) is 10.3. The summed E-state index contributed by atoms with van der Waals surface area (Å²) in [5.41, 5.74) is 1.42. The Balaban J connectivity index is 1.58. The molecule has 1 aromatic carbocycles. The van der Waals surface area contributed by atoms with E-state index in [0.717, 1.165) is 19.4 Å². The van der Waals surface area contributed by atoms with Gasteiger partial charge in [0.1, 0.15) is 0 Å². The van der Waals surface area contributed by atoms with Gasteiger partial charge in [-0.25, -0.2) is 0 Å². The molecule has 1 unspecified atom stereocenters. The van der Waals surface area contributed by atoms with Gasteiger partial charge in [0.05, 0.1) is 5.92 Å². The number of piperidine rings is 1. The number of amides is 2. The summed E-state index contributed by atoms with van der Waals surface area (Å²) in [5.74, 6) is 0.205. The van der Waals surface area contributed by atoms with Crippen LogP contribution in [0.1, 0.15) is 44.1 Å². The van der Waals surface area contributed by atoms with Crippen molar-refractivity contribution in [3.8, 4) is 0 Å². The highest BCUT2D eigenvalue weighted by Crippen LogP contribution is 2.40. The molecule has 27 heavy (non-hydrogen) atoms. The van der Waals surface area contributed by atoms with E-state index < -0.39 is 0 Å². The summed E-state index contributed by atoms with van der Waals surface area (Å²) < 4.78 is 0. The zero-order chi connectivity index (χ0) is 19.3. The van der Waals surface area contributed by atoms with Crippen molar-refractivity contribution < 1.29 is 9.59 Å². The van der Waals surface area contributed by atoms with Gasteiger partial charge in [-0.3, -0.25) is 9.59 Å². The predicted octanol–water partition coefficient (Wildman–Crippen LogP) is 2.41. The van der Waals surface area contributed by atoms with E-state index in [0.29, 0.717) is 32.5 Å². The summed E-state index contributed by atoms with van der Waals surface area (Å²) in [7, 11) is 4.01. The molecular formula is C22H33N3O2. The highest BCUT2D eigenvalue weighted by Gasteiger charge is 2.37. The number of carbonyl (C=O) groups is 2. The number of nitrogens with one attached hydrogen (secondary N) is 1. The minimum Gasteiger partial charge on any atom is -0.355 e. The monoisotopic (exact) mass is 371 g/mol. The van der Waals surface area contributed by atoms with Gasteiger partial charge in [-0.1, -0.05) is 43.2 Å². The van der Waals surface area contributed by atoms with Crippen LogP contribution in [0.25, 0.3) is 0 Å². The molecule has 2 amide bonds. The molecule has 5 nitrogen and oxygen atoms in total. The van der Waals surface area contributed by atoms with Crippen LogP contribution in [0.15, 0.2) is 30.3 Å². The quantitative estimate of drug-likeness (QED) is 0.801. The first-order valence-corrected chi connectivity index (χ1v) is 10.3. The van der Waals surface area contributed by atoms with Crippen molar-refractivity contribution in [2.75, 3.05) is 40.3 Å². The van der Waals surface area contributed by atoms with Crippen molar-refractivity contribution in [1.29, 1.82) is 0 Å². The van der Waals surface area contributed by atoms with E-state index in [9.17, 15) is 9.59 Å². The van der Waals surface area contributed by atoms with Crippen molar-refractivity contribution in [3.63, 3.8) is 0 Å². The van der Waals surface area contributed by atoms with Gasteiger partial charge >= 0.3 is 0 Å². The molecule has 1 aromatic rings. The molecule has 2 fully saturated rings. The third-order valence-electron chi connectivity index (χ3n) is 6.24. The van der Waals surface area contributed by atoms with Gasteiger partial charge in [0.25, 0.3) is 0 Å². The lowest BCUT2D eigenvalue weighted by Gasteiger charge is -2.34. The summed E-state index contributed by atoms with van der Waals surface area (Å²) >= 11 is 0. The van der Waals surface area contributed by atoms with E-state index in [1.165, 1.54) is 18.4 Å². The van der Waals surface area contributed by atoms with Crippen LogP contribution in [0.2, 0.25) is 0 Å². The van der Waals surface area contributed by atoms with Crippen LogP contribution in [-0.4, -0.2) is 61.9 Å². The van der Waals surface area contributed by atoms with Gasteiger partial charge in [0, 0.05) is 38.0 Å². The van der Waals surface area contributed by atoms with E-state index in [1.54, 1.807) is 0 Å². The van der Waals surface area contributed by atoms with Gasteiger partial charge in [-0.05, 0) is 38.9 Å². The Morgan fingerprint density at radius 1 is 1.22 bits per heavy atom. The average molecular weight is 372 g/mol. The smallest absolute Gasteiger partial charge is 0.224 e. The molecule has 1 N–H and O–H groups in total. The minimum atomic E-state index is -0.0842. The van der Waals surface area contributed by atoms with Crippen LogP contribution in [0.5, 0.6) is 0 Å². The maximum atomic E-state index is 12.9. The first-order chi connectivity index (χ1) is 13.0. The molecule has 148 valence electrons. The molecule has 1 heterocycles. The number of hydrogen-bond donors (Lipinski definition) is 1. The molecule has 1 aliphatic carbocycles. The number of nitrogens with zero attached hydrogens (tertiary/aromatic N) is 2. The van der Waals surface area contributed by atoms with Gasteiger partial charge in [0.2, 0.25) is 11.8 Å². The summed E-state index contributed by atoms with van der Waals surface area (Å²) in [6.45, 7) is 2.79. The van der Waals surface area contributed by atoms with Crippen LogP contribution in [-0.2, 0) is 15.0 Å². The normalized spacial score (nSPS) is 22.3. The molecule has 0 radical (unpaired) electrons. The van der Waals surface area contributed by atoms with Crippen LogP contribution in [0, 0.1) is 5.92 Å². The summed E-state index contributed by atoms with van der Waals surface area (Å²) in [6.07, 6.45) is 5.86. The number of hydrogen-bond acceptors (Lipinski definition) is 3. The Labute approximate surface area is 163 Å². The second-order valence-corrected chi connectivity index (χ2v) is 8.45. The number of benzene rings is 1. The zero-order valence-corrected chi connectivity index (χ0v) is 16.7. The first kappa shape index (κ1) is 19.9. The van der Waals surface area contributed by atoms with Gasteiger partial charge in [-0.2, -0.15) is 0 Å². The van der Waals surface area contributed by atoms with Crippen molar-refractivity contribution in [1.82, 2.24) is 15.1 Å². The molecule has 0 spiro atoms. The second-order valence-electron chi connectivity index (χ2n) is 8.45. The van der Waals surface area contributed by atoms with Crippen LogP contribution in [0.4, 0.5) is 0 Å². The SMILES string of the molecule is CN(C)CCN1CC(C(=O)NCC2(c3ccccc3)CCCC2)CCC1=O. The third kappa shape index (κ3) is 4.89. The molecule has 0 bridgehead atoms. The largest absolute Gasteiger partial charge is 0.355 e. The fourth-order valence-electron chi connectivity index (χ4n) is 4.48. The lowest BCUT2D eigenvalue weighted by Crippen LogP contribution is -2.49. The Bertz CT molecular complexity index is 638. The summed E-state index contributed by atoms with van der Waals surface area (Å²) in [6, 6.07) is 10.6. The second kappa shape index (κ2) is 8.87. The lowest BCUT2D eigenvalue weighted by atomic mass is 9.78. The van der Waals surface area contributed by atoms with E-state index in [2.05, 4.69) is 34.5 Å². The minimum absolute atomic E-state index is 0.0754. The topological polar surface area (TPSA) is 52.6 Å². The van der Waals surface area contributed by atoms with E-state index in [1.807, 2.05) is 25.1 Å². The van der Waals surface area contributed by atoms with Crippen molar-refractivity contribution >= 4 is 11.8 Å². The molecule has 0 aromatic heterocycles. The van der Waals surface area contributed by atoms with Crippen molar-refractivity contribution in [2.24, 2.45) is 5.92 Å². The maximum Gasteiger partial charge on any atom is 0.224 e. The number of rotatable bonds is 7. The number of carbonyl (C=O) groups excluding carboxylic acids is 2. The Morgan fingerprint density at radius 2 is 1.93 bits per heavy atom. The van der Waals surface area contributed by atoms with Gasteiger partial charge in [0.15, 0.2) is 0 Å². The molecule has 1 saturated carbocycles. The summed E-state index contributed by atoms with van der Waals surface area (Å²) in [5, 5.41) is 3.25. The Morgan fingerprint density at radius 3 is 2.59 bits per heavy atom. The molecule has 2 aliphatic rings. The molecule has 3 rings (SSSR count). The van der Waals surface area contributed by atoms with Gasteiger partial charge in [-0.15, -0.1) is 0 Å². The van der Waals surface area contributed by atoms with Crippen LogP contribution < -0.4 is 5.32 Å². The van der Waals surface area contributed by atoms with Crippen molar-refractivity contribution in [2.45, 2.75) is 43.9 Å². The van der Waals surface area contributed by atoms with Crippen molar-refractivity contribution in [3.05, 3.63) is 35.9 Å². The molecule has 1 saturated heterocycles. The predicted molar refractivity (Wildman–Crippen MR) is 107 cm³/mol. The molecule has 1 atom stereocenters. The van der Waals surface area contributed by atoms with Gasteiger partial charge < -0.3 is 15.1 Å². The molecular weight excluding hydrogens is 338 g/mol. The molecule has 1 aliphatic heterocycles. The van der Waals surface area contributed by atoms with Crippen LogP contribution >= 0.6 is 0 Å². The molecule has 5 heteroatoms. The third-order valence-corrected chi connectivity index (χ3v) is 6.24. The fourth-order valence-corrected chi connectivity index (χ4v) is 4.48. The van der Waals surface area contributed by atoms with E-state index in [-0.39, 0.29) is 23.1 Å². The Kier molecular flexibility index (Phi) is 6.53. The maximum absolute atomic E-state index is 12.9. The lowest BCUT2D eigenvalue weighted by molar-refractivity contribution is -0.138. The highest BCUT2D eigenvalue weighted by molar-refractivity contribution is 5.83. The van der Waals surface area contributed by atoms with Crippen LogP contribution in [0.3, 0.4) is 0 Å². The number of likely N-dealkylation sites (tertiary alicyclic amines) is 1. The number of likely N-dealkylation sites (N-methyl/N-ethyl adjacent to an activating group) is 1. The summed E-state index contributed by atoms with van der Waals surface area (Å²) in [4.78, 5) is 28.9. The highest BCUT2D eigenvalue weighted by atomic mass is 16.2. The standard InChI is InChI=1S/C22H33N3O2/c1-24(2)14-15-25-16-18(10-11-20(25)26)21(27)23-17-22(12-6-7-13-22)19-8-4-3-5-9-19/h3-5,8-9,18H,6-7,10-17H2,1-2H3,(H,23,27). The zero-order valence-electron chi connectivity index (χ0n) is 16.7. The average Bonchev–Trinajstić information content (AvgIpc) is 3.16. The fraction of sp³-hybridized carbons (Fsp3) is 0.636. The van der Waals surface area contributed by atoms with E-state index >= 15 is 0 Å².